The van der Waals surface area contributed by atoms with Gasteiger partial charge >= 0.3 is 6.09 Å². The summed E-state index contributed by atoms with van der Waals surface area (Å²) in [5.41, 5.74) is 7.12. The number of hydrogen-bond donors (Lipinski definition) is 2. The molecular formula is C22H27BrN4O3. The molecule has 2 heterocycles. The predicted octanol–water partition coefficient (Wildman–Crippen LogP) is 4.26. The maximum atomic E-state index is 13.5. The van der Waals surface area contributed by atoms with E-state index in [-0.39, 0.29) is 30.5 Å². The second-order valence-corrected chi connectivity index (χ2v) is 9.50. The van der Waals surface area contributed by atoms with Gasteiger partial charge in [-0.15, -0.1) is 0 Å². The third kappa shape index (κ3) is 3.97. The number of carbonyl (C=O) groups excluding carboxylic acids is 2. The van der Waals surface area contributed by atoms with Gasteiger partial charge in [0, 0.05) is 10.5 Å². The first-order valence-electron chi connectivity index (χ1n) is 10.4. The number of fused-ring (bicyclic) bond motifs is 2. The van der Waals surface area contributed by atoms with Crippen LogP contribution in [0.25, 0.3) is 11.3 Å². The number of amides is 2. The van der Waals surface area contributed by atoms with E-state index in [2.05, 4.69) is 25.9 Å². The van der Waals surface area contributed by atoms with Gasteiger partial charge in [0.25, 0.3) is 0 Å². The first-order chi connectivity index (χ1) is 14.3. The van der Waals surface area contributed by atoms with Gasteiger partial charge in [-0.3, -0.25) is 4.79 Å². The highest BCUT2D eigenvalue weighted by atomic mass is 79.9. The minimum absolute atomic E-state index is 0.00867. The van der Waals surface area contributed by atoms with Crippen LogP contribution in [-0.4, -0.2) is 39.5 Å². The summed E-state index contributed by atoms with van der Waals surface area (Å²) in [5, 5.41) is 0. The summed E-state index contributed by atoms with van der Waals surface area (Å²) in [6, 6.07) is 8.19. The average Bonchev–Trinajstić information content (AvgIpc) is 3.43. The van der Waals surface area contributed by atoms with Crippen LogP contribution in [0.3, 0.4) is 0 Å². The zero-order valence-corrected chi connectivity index (χ0v) is 18.8. The molecule has 2 aliphatic rings. The van der Waals surface area contributed by atoms with Crippen LogP contribution in [0.5, 0.6) is 0 Å². The van der Waals surface area contributed by atoms with Gasteiger partial charge in [-0.25, -0.2) is 9.78 Å². The maximum Gasteiger partial charge on any atom is 0.404 e. The minimum atomic E-state index is -0.849. The SMILES string of the molecule is CC(C)C(COC(N)=O)C(=O)N1C2CCC(C2)C1c1ncc(-c2ccc(Br)cc2)[nH]1. The lowest BCUT2D eigenvalue weighted by Gasteiger charge is -2.37. The molecule has 0 spiro atoms. The van der Waals surface area contributed by atoms with Crippen molar-refractivity contribution in [2.24, 2.45) is 23.5 Å². The lowest BCUT2D eigenvalue weighted by molar-refractivity contribution is -0.143. The Morgan fingerprint density at radius 1 is 1.30 bits per heavy atom. The Hall–Kier alpha value is -2.35. The number of hydrogen-bond acceptors (Lipinski definition) is 4. The van der Waals surface area contributed by atoms with Crippen molar-refractivity contribution in [1.82, 2.24) is 14.9 Å². The van der Waals surface area contributed by atoms with Crippen molar-refractivity contribution in [3.63, 3.8) is 0 Å². The molecule has 1 aliphatic heterocycles. The third-order valence-electron chi connectivity index (χ3n) is 6.40. The molecule has 4 atom stereocenters. The van der Waals surface area contributed by atoms with Crippen molar-refractivity contribution >= 4 is 27.9 Å². The number of nitrogens with one attached hydrogen (secondary N) is 1. The number of ether oxygens (including phenoxy) is 1. The molecule has 1 aliphatic carbocycles. The van der Waals surface area contributed by atoms with Crippen LogP contribution in [0.4, 0.5) is 4.79 Å². The first-order valence-corrected chi connectivity index (χ1v) is 11.2. The summed E-state index contributed by atoms with van der Waals surface area (Å²) in [4.78, 5) is 34.7. The van der Waals surface area contributed by atoms with Crippen molar-refractivity contribution in [3.05, 3.63) is 40.8 Å². The average molecular weight is 475 g/mol. The van der Waals surface area contributed by atoms with Crippen LogP contribution in [0, 0.1) is 17.8 Å². The van der Waals surface area contributed by atoms with E-state index in [0.717, 1.165) is 40.8 Å². The minimum Gasteiger partial charge on any atom is -0.449 e. The number of likely N-dealkylation sites (tertiary alicyclic amines) is 1. The number of piperidine rings is 1. The lowest BCUT2D eigenvalue weighted by Crippen LogP contribution is -2.46. The Kier molecular flexibility index (Phi) is 5.86. The van der Waals surface area contributed by atoms with Gasteiger partial charge in [-0.05, 0) is 48.8 Å². The molecule has 2 bridgehead atoms. The smallest absolute Gasteiger partial charge is 0.404 e. The Morgan fingerprint density at radius 3 is 2.70 bits per heavy atom. The van der Waals surface area contributed by atoms with Gasteiger partial charge in [-0.2, -0.15) is 0 Å². The van der Waals surface area contributed by atoms with Crippen LogP contribution in [0.1, 0.15) is 45.0 Å². The van der Waals surface area contributed by atoms with E-state index in [0.29, 0.717) is 5.92 Å². The van der Waals surface area contributed by atoms with Gasteiger partial charge in [-0.1, -0.05) is 41.9 Å². The van der Waals surface area contributed by atoms with Crippen LogP contribution in [-0.2, 0) is 9.53 Å². The molecule has 2 aromatic rings. The number of primary amides is 1. The predicted molar refractivity (Wildman–Crippen MR) is 116 cm³/mol. The van der Waals surface area contributed by atoms with Gasteiger partial charge < -0.3 is 20.4 Å². The van der Waals surface area contributed by atoms with Crippen LogP contribution < -0.4 is 5.73 Å². The first kappa shape index (κ1) is 20.9. The van der Waals surface area contributed by atoms with Crippen molar-refractivity contribution in [2.45, 2.75) is 45.2 Å². The largest absolute Gasteiger partial charge is 0.449 e. The Labute approximate surface area is 184 Å². The molecule has 1 saturated carbocycles. The maximum absolute atomic E-state index is 13.5. The summed E-state index contributed by atoms with van der Waals surface area (Å²) in [6.07, 6.45) is 4.08. The molecule has 1 aromatic heterocycles. The molecule has 3 N–H and O–H groups in total. The molecule has 4 rings (SSSR count). The molecule has 0 radical (unpaired) electrons. The molecular weight excluding hydrogens is 448 g/mol. The molecule has 4 unspecified atom stereocenters. The van der Waals surface area contributed by atoms with Gasteiger partial charge in [0.1, 0.15) is 12.4 Å². The lowest BCUT2D eigenvalue weighted by atomic mass is 9.92. The number of aromatic amines is 1. The number of imidazole rings is 1. The van der Waals surface area contributed by atoms with Gasteiger partial charge in [0.15, 0.2) is 0 Å². The molecule has 1 saturated heterocycles. The highest BCUT2D eigenvalue weighted by Gasteiger charge is 2.51. The molecule has 30 heavy (non-hydrogen) atoms. The number of rotatable bonds is 6. The quantitative estimate of drug-likeness (QED) is 0.652. The number of H-pyrrole nitrogens is 1. The standard InChI is InChI=1S/C22H27BrN4O3/c1-12(2)17(11-30-22(24)29)21(28)27-16-8-5-14(9-16)19(27)20-25-10-18(26-20)13-3-6-15(23)7-4-13/h3-4,6-7,10,12,14,16-17,19H,5,8-9,11H2,1-2H3,(H2,24,29)(H,25,26). The molecule has 2 fully saturated rings. The van der Waals surface area contributed by atoms with Gasteiger partial charge in [0.05, 0.1) is 23.9 Å². The van der Waals surface area contributed by atoms with Crippen molar-refractivity contribution in [1.29, 1.82) is 0 Å². The van der Waals surface area contributed by atoms with Crippen molar-refractivity contribution < 1.29 is 14.3 Å². The summed E-state index contributed by atoms with van der Waals surface area (Å²) in [5.74, 6) is 0.858. The fourth-order valence-electron chi connectivity index (χ4n) is 4.83. The van der Waals surface area contributed by atoms with Crippen molar-refractivity contribution in [3.8, 4) is 11.3 Å². The van der Waals surface area contributed by atoms with E-state index in [4.69, 9.17) is 10.5 Å². The molecule has 7 nitrogen and oxygen atoms in total. The Bertz CT molecular complexity index is 927. The molecule has 8 heteroatoms. The van der Waals surface area contributed by atoms with E-state index < -0.39 is 12.0 Å². The van der Waals surface area contributed by atoms with E-state index in [1.54, 1.807) is 0 Å². The second-order valence-electron chi connectivity index (χ2n) is 8.59. The Morgan fingerprint density at radius 2 is 2.03 bits per heavy atom. The number of aromatic nitrogens is 2. The zero-order valence-electron chi connectivity index (χ0n) is 17.2. The summed E-state index contributed by atoms with van der Waals surface area (Å²) >= 11 is 3.46. The summed E-state index contributed by atoms with van der Waals surface area (Å²) in [7, 11) is 0. The van der Waals surface area contributed by atoms with E-state index >= 15 is 0 Å². The number of nitrogens with zero attached hydrogens (tertiary/aromatic N) is 2. The summed E-state index contributed by atoms with van der Waals surface area (Å²) < 4.78 is 6.02. The highest BCUT2D eigenvalue weighted by molar-refractivity contribution is 9.10. The van der Waals surface area contributed by atoms with E-state index in [1.165, 1.54) is 0 Å². The fraction of sp³-hybridized carbons (Fsp3) is 0.500. The fourth-order valence-corrected chi connectivity index (χ4v) is 5.10. The van der Waals surface area contributed by atoms with Crippen LogP contribution in [0.2, 0.25) is 0 Å². The normalized spacial score (nSPS) is 23.7. The third-order valence-corrected chi connectivity index (χ3v) is 6.93. The van der Waals surface area contributed by atoms with Crippen molar-refractivity contribution in [2.75, 3.05) is 6.61 Å². The number of halogens is 1. The molecule has 2 amide bonds. The highest BCUT2D eigenvalue weighted by Crippen LogP contribution is 2.50. The topological polar surface area (TPSA) is 101 Å². The number of carbonyl (C=O) groups is 2. The zero-order chi connectivity index (χ0) is 21.4. The van der Waals surface area contributed by atoms with E-state index in [1.807, 2.05) is 49.2 Å². The van der Waals surface area contributed by atoms with Crippen LogP contribution in [0.15, 0.2) is 34.9 Å². The molecule has 160 valence electrons. The van der Waals surface area contributed by atoms with E-state index in [9.17, 15) is 9.59 Å². The second kappa shape index (κ2) is 8.41. The number of benzene rings is 1. The summed E-state index contributed by atoms with van der Waals surface area (Å²) in [6.45, 7) is 3.94. The van der Waals surface area contributed by atoms with Gasteiger partial charge in [0.2, 0.25) is 5.91 Å². The number of nitrogens with two attached hydrogens (primary N) is 1. The Balaban J connectivity index is 1.60. The van der Waals surface area contributed by atoms with Crippen LogP contribution >= 0.6 is 15.9 Å². The molecule has 1 aromatic carbocycles. The monoisotopic (exact) mass is 474 g/mol.